The summed E-state index contributed by atoms with van der Waals surface area (Å²) in [6, 6.07) is 0. The minimum Gasteiger partial charge on any atom is 0 e. The third-order valence-electron chi connectivity index (χ3n) is 1.41. The summed E-state index contributed by atoms with van der Waals surface area (Å²) in [6.45, 7) is 24.4. The van der Waals surface area contributed by atoms with E-state index in [0.29, 0.717) is 39.6 Å². The molecule has 0 N–H and O–H groups in total. The Bertz CT molecular complexity index is 195. The van der Waals surface area contributed by atoms with Gasteiger partial charge >= 0.3 is 39.8 Å². The second kappa shape index (κ2) is 39.6. The van der Waals surface area contributed by atoms with E-state index in [1.54, 1.807) is 0 Å². The minimum atomic E-state index is -1.06. The van der Waals surface area contributed by atoms with Gasteiger partial charge in [0, 0.05) is 17.1 Å². The molecule has 0 amide bonds. The van der Waals surface area contributed by atoms with Crippen molar-refractivity contribution in [3.8, 4) is 0 Å². The van der Waals surface area contributed by atoms with Crippen molar-refractivity contribution in [1.29, 1.82) is 0 Å². The Morgan fingerprint density at radius 1 is 0.480 bits per heavy atom. The molecule has 0 atom stereocenters. The van der Waals surface area contributed by atoms with Crippen LogP contribution in [0.2, 0.25) is 0 Å². The van der Waals surface area contributed by atoms with E-state index in [0.717, 1.165) is 0 Å². The number of rotatable bonds is 12. The maximum Gasteiger partial charge on any atom is 0 e. The maximum atomic E-state index is 7.50. The molecule has 0 radical (unpaired) electrons. The topological polar surface area (TPSA) is 95.2 Å². The Hall–Kier alpha value is 0.619. The summed E-state index contributed by atoms with van der Waals surface area (Å²) < 4.78 is 45.9. The average molecular weight is 444 g/mol. The normalized spacial score (nSPS) is 8.80. The molecule has 0 aromatic rings. The predicted molar refractivity (Wildman–Crippen MR) is 91.5 cm³/mol. The van der Waals surface area contributed by atoms with Gasteiger partial charge in [-0.1, -0.05) is 0 Å². The number of hydrogen-bond acceptors (Lipinski definition) is 6. The van der Waals surface area contributed by atoms with Gasteiger partial charge in [0.1, 0.15) is 0 Å². The Morgan fingerprint density at radius 2 is 0.600 bits per heavy atom. The van der Waals surface area contributed by atoms with E-state index in [1.807, 2.05) is 41.5 Å². The van der Waals surface area contributed by atoms with E-state index in [4.69, 9.17) is 36.4 Å². The summed E-state index contributed by atoms with van der Waals surface area (Å²) in [5, 5.41) is 0. The summed E-state index contributed by atoms with van der Waals surface area (Å²) in [5.74, 6) is 0. The van der Waals surface area contributed by atoms with Crippen LogP contribution in [0.1, 0.15) is 41.5 Å². The zero-order valence-corrected chi connectivity index (χ0v) is 18.6. The zero-order valence-electron chi connectivity index (χ0n) is 15.8. The first kappa shape index (κ1) is 36.5. The van der Waals surface area contributed by atoms with Crippen LogP contribution >= 0.6 is 17.2 Å². The zero-order chi connectivity index (χ0) is 19.6. The fourth-order valence-corrected chi connectivity index (χ4v) is 2.57. The van der Waals surface area contributed by atoms with Crippen LogP contribution in [0.25, 0.3) is 0 Å². The van der Waals surface area contributed by atoms with Crippen LogP contribution in [0.5, 0.6) is 0 Å². The van der Waals surface area contributed by atoms with Gasteiger partial charge in [-0.25, -0.2) is 0 Å². The van der Waals surface area contributed by atoms with E-state index in [2.05, 4.69) is 13.3 Å². The van der Waals surface area contributed by atoms with Crippen molar-refractivity contribution < 1.29 is 53.5 Å². The molecule has 152 valence electrons. The van der Waals surface area contributed by atoms with Crippen molar-refractivity contribution >= 4 is 17.2 Å². The second-order valence-corrected chi connectivity index (χ2v) is 5.40. The van der Waals surface area contributed by atoms with Crippen LogP contribution in [0, 0.1) is 13.3 Å². The first-order valence-electron chi connectivity index (χ1n) is 7.48. The van der Waals surface area contributed by atoms with E-state index >= 15 is 0 Å². The molecule has 0 aliphatic rings. The number of hydrogen-bond donors (Lipinski definition) is 0. The smallest absolute Gasteiger partial charge is 0 e. The second-order valence-electron chi connectivity index (χ2n) is 2.95. The van der Waals surface area contributed by atoms with Crippen LogP contribution < -0.4 is 0 Å². The van der Waals surface area contributed by atoms with Gasteiger partial charge in [-0.05, 0) is 41.5 Å². The summed E-state index contributed by atoms with van der Waals surface area (Å²) in [6.07, 6.45) is 0. The third kappa shape index (κ3) is 36.3. The molecule has 0 saturated heterocycles. The molecule has 0 bridgehead atoms. The van der Waals surface area contributed by atoms with Crippen molar-refractivity contribution in [2.45, 2.75) is 41.5 Å². The van der Waals surface area contributed by atoms with E-state index in [-0.39, 0.29) is 17.1 Å². The molecule has 0 aliphatic heterocycles. The molecule has 8 nitrogen and oxygen atoms in total. The monoisotopic (exact) mass is 444 g/mol. The van der Waals surface area contributed by atoms with Crippen molar-refractivity contribution in [1.82, 2.24) is 0 Å². The summed E-state index contributed by atoms with van der Waals surface area (Å²) >= 11 is 0. The molecular weight excluding hydrogens is 414 g/mol. The van der Waals surface area contributed by atoms with Crippen molar-refractivity contribution in [2.24, 2.45) is 0 Å². The van der Waals surface area contributed by atoms with Crippen LogP contribution in [0.4, 0.5) is 0 Å². The standard InChI is InChI=1S/2C6H15O3P.2CO.Fe/c2*1-4-7-10(8-5-2)9-6-3;2*1-2;/h2*4-6H2,1-3H3;;;. The van der Waals surface area contributed by atoms with E-state index in [1.165, 1.54) is 0 Å². The van der Waals surface area contributed by atoms with Gasteiger partial charge < -0.3 is 27.1 Å². The van der Waals surface area contributed by atoms with Crippen molar-refractivity contribution in [3.05, 3.63) is 13.3 Å². The summed E-state index contributed by atoms with van der Waals surface area (Å²) in [5.41, 5.74) is 0. The molecule has 0 aromatic heterocycles. The predicted octanol–water partition coefficient (Wildman–Crippen LogP) is 4.57. The van der Waals surface area contributed by atoms with E-state index in [9.17, 15) is 0 Å². The molecule has 0 fully saturated rings. The van der Waals surface area contributed by atoms with Gasteiger partial charge in [0.05, 0.1) is 39.6 Å². The van der Waals surface area contributed by atoms with Crippen LogP contribution in [0.15, 0.2) is 0 Å². The molecule has 0 heterocycles. The molecule has 25 heavy (non-hydrogen) atoms. The Balaban J connectivity index is -0.0000000858. The Labute approximate surface area is 165 Å². The molecule has 11 heteroatoms. The molecular formula is C14H30FeO8P2. The molecule has 0 aliphatic carbocycles. The molecule has 0 rings (SSSR count). The molecule has 0 unspecified atom stereocenters. The minimum absolute atomic E-state index is 0. The summed E-state index contributed by atoms with van der Waals surface area (Å²) in [4.78, 5) is 0. The van der Waals surface area contributed by atoms with Gasteiger partial charge in [0.15, 0.2) is 0 Å². The van der Waals surface area contributed by atoms with Crippen LogP contribution in [-0.4, -0.2) is 39.6 Å². The fourth-order valence-electron chi connectivity index (χ4n) is 0.856. The van der Waals surface area contributed by atoms with Crippen LogP contribution in [-0.2, 0) is 53.5 Å². The van der Waals surface area contributed by atoms with E-state index < -0.39 is 17.2 Å². The first-order valence-corrected chi connectivity index (χ1v) is 9.67. The Kier molecular flexibility index (Phi) is 57.9. The van der Waals surface area contributed by atoms with Gasteiger partial charge in [0.2, 0.25) is 0 Å². The van der Waals surface area contributed by atoms with Gasteiger partial charge in [0.25, 0.3) is 0 Å². The average Bonchev–Trinajstić information content (AvgIpc) is 2.61. The summed E-state index contributed by atoms with van der Waals surface area (Å²) in [7, 11) is -2.12. The van der Waals surface area contributed by atoms with Gasteiger partial charge in [-0.15, -0.1) is 0 Å². The third-order valence-corrected chi connectivity index (χ3v) is 4.22. The quantitative estimate of drug-likeness (QED) is 0.190. The SMILES string of the molecule is CCOP(OCC)OCC.CCOP(OCC)OCC.[C-]#[O+].[C-]#[O+].[Fe]. The van der Waals surface area contributed by atoms with Crippen molar-refractivity contribution in [2.75, 3.05) is 39.6 Å². The fraction of sp³-hybridized carbons (Fsp3) is 0.857. The van der Waals surface area contributed by atoms with Gasteiger partial charge in [-0.3, -0.25) is 0 Å². The van der Waals surface area contributed by atoms with Crippen LogP contribution in [0.3, 0.4) is 0 Å². The largest absolute Gasteiger partial charge is 0 e. The Morgan fingerprint density at radius 3 is 0.680 bits per heavy atom. The first-order chi connectivity index (χ1) is 11.7. The van der Waals surface area contributed by atoms with Crippen molar-refractivity contribution in [3.63, 3.8) is 0 Å². The molecule has 0 spiro atoms. The maximum absolute atomic E-state index is 7.50. The van der Waals surface area contributed by atoms with Gasteiger partial charge in [-0.2, -0.15) is 0 Å². The molecule has 0 saturated carbocycles. The molecule has 0 aromatic carbocycles.